The van der Waals surface area contributed by atoms with E-state index >= 15 is 0 Å². The van der Waals surface area contributed by atoms with Gasteiger partial charge in [0.2, 0.25) is 11.8 Å². The third kappa shape index (κ3) is 3.24. The number of nitrogens with zero attached hydrogens (tertiary/aromatic N) is 2. The van der Waals surface area contributed by atoms with Crippen LogP contribution in [0, 0.1) is 5.92 Å². The lowest BCUT2D eigenvalue weighted by Gasteiger charge is -2.35. The fourth-order valence-corrected chi connectivity index (χ4v) is 5.09. The Morgan fingerprint density at radius 1 is 1.00 bits per heavy atom. The molecule has 3 heterocycles. The highest BCUT2D eigenvalue weighted by Gasteiger charge is 2.46. The molecule has 1 aromatic carbocycles. The predicted octanol–water partition coefficient (Wildman–Crippen LogP) is 0.791. The van der Waals surface area contributed by atoms with Crippen LogP contribution >= 0.6 is 0 Å². The molecule has 3 fully saturated rings. The molecule has 5 rings (SSSR count). The average Bonchev–Trinajstić information content (AvgIpc) is 3.43. The minimum Gasteiger partial charge on any atom is -0.325 e. The van der Waals surface area contributed by atoms with Crippen molar-refractivity contribution in [2.45, 2.75) is 56.7 Å². The number of carbonyl (C=O) groups excluding carboxylic acids is 4. The lowest BCUT2D eigenvalue weighted by atomic mass is 9.88. The molecule has 0 aromatic heterocycles. The van der Waals surface area contributed by atoms with Crippen molar-refractivity contribution in [1.82, 2.24) is 15.1 Å². The number of carbonyl (C=O) groups is 4. The van der Waals surface area contributed by atoms with E-state index in [2.05, 4.69) is 10.2 Å². The quantitative estimate of drug-likeness (QED) is 0.710. The van der Waals surface area contributed by atoms with E-state index < -0.39 is 23.8 Å². The fraction of sp³-hybridized carbons (Fsp3) is 0.545. The van der Waals surface area contributed by atoms with E-state index in [0.717, 1.165) is 55.8 Å². The Bertz CT molecular complexity index is 946. The van der Waals surface area contributed by atoms with Gasteiger partial charge in [0.15, 0.2) is 0 Å². The molecule has 8 heteroatoms. The molecule has 3 N–H and O–H groups in total. The highest BCUT2D eigenvalue weighted by atomic mass is 16.2. The molecule has 8 nitrogen and oxygen atoms in total. The molecule has 2 saturated heterocycles. The molecule has 1 saturated carbocycles. The van der Waals surface area contributed by atoms with E-state index in [1.165, 1.54) is 0 Å². The number of nitrogens with one attached hydrogen (secondary N) is 1. The number of rotatable bonds is 4. The number of hydrogen-bond acceptors (Lipinski definition) is 6. The summed E-state index contributed by atoms with van der Waals surface area (Å²) >= 11 is 0. The van der Waals surface area contributed by atoms with E-state index in [9.17, 15) is 19.2 Å². The van der Waals surface area contributed by atoms with E-state index in [-0.39, 0.29) is 24.3 Å². The average molecular weight is 410 g/mol. The normalized spacial score (nSPS) is 26.7. The minimum atomic E-state index is -0.927. The number of benzene rings is 1. The van der Waals surface area contributed by atoms with Crippen LogP contribution in [0.1, 0.15) is 64.8 Å². The van der Waals surface area contributed by atoms with Crippen molar-refractivity contribution in [2.75, 3.05) is 13.1 Å². The zero-order valence-electron chi connectivity index (χ0n) is 16.9. The highest BCUT2D eigenvalue weighted by molar-refractivity contribution is 6.23. The third-order valence-corrected chi connectivity index (χ3v) is 7.14. The third-order valence-electron chi connectivity index (χ3n) is 7.14. The van der Waals surface area contributed by atoms with Gasteiger partial charge in [-0.3, -0.25) is 34.3 Å². The van der Waals surface area contributed by atoms with Gasteiger partial charge in [-0.2, -0.15) is 0 Å². The number of piperidine rings is 2. The van der Waals surface area contributed by atoms with Gasteiger partial charge in [0.25, 0.3) is 11.8 Å². The maximum absolute atomic E-state index is 13.0. The summed E-state index contributed by atoms with van der Waals surface area (Å²) in [4.78, 5) is 52.7. The maximum atomic E-state index is 13.0. The number of hydrogen-bond donors (Lipinski definition) is 2. The first kappa shape index (κ1) is 19.4. The summed E-state index contributed by atoms with van der Waals surface area (Å²) in [6.45, 7) is 2.68. The number of fused-ring (bicyclic) bond motifs is 1. The Hall–Kier alpha value is -2.58. The van der Waals surface area contributed by atoms with E-state index in [0.29, 0.717) is 17.0 Å². The first-order valence-electron chi connectivity index (χ1n) is 10.7. The Morgan fingerprint density at radius 3 is 2.37 bits per heavy atom. The smallest absolute Gasteiger partial charge is 0.262 e. The molecule has 4 amide bonds. The summed E-state index contributed by atoms with van der Waals surface area (Å²) < 4.78 is 0. The van der Waals surface area contributed by atoms with Crippen LogP contribution < -0.4 is 11.1 Å². The van der Waals surface area contributed by atoms with Gasteiger partial charge in [-0.1, -0.05) is 6.07 Å². The summed E-state index contributed by atoms with van der Waals surface area (Å²) in [6, 6.07) is 4.42. The minimum absolute atomic E-state index is 0.0753. The second-order valence-electron chi connectivity index (χ2n) is 9.11. The SMILES string of the molecule is NC1(C2CCN(Cc3ccc4c(c3)C(=O)N(C3CCC(=O)NC3=O)C4=O)CC2)CC1. The Balaban J connectivity index is 1.28. The zero-order chi connectivity index (χ0) is 21.0. The van der Waals surface area contributed by atoms with Crippen LogP contribution in [0.2, 0.25) is 0 Å². The van der Waals surface area contributed by atoms with Crippen LogP contribution in [0.5, 0.6) is 0 Å². The van der Waals surface area contributed by atoms with Crippen LogP contribution in [0.4, 0.5) is 0 Å². The lowest BCUT2D eigenvalue weighted by molar-refractivity contribution is -0.136. The number of amides is 4. The molecule has 0 spiro atoms. The molecule has 1 atom stereocenters. The molecular weight excluding hydrogens is 384 g/mol. The van der Waals surface area contributed by atoms with Gasteiger partial charge in [0.1, 0.15) is 6.04 Å². The number of likely N-dealkylation sites (tertiary alicyclic amines) is 1. The molecule has 1 aliphatic carbocycles. The standard InChI is InChI=1S/C22H26N4O4/c23-22(7-8-22)14-5-9-25(10-6-14)12-13-1-2-15-16(11-13)21(30)26(20(15)29)17-3-4-18(27)24-19(17)28/h1-2,11,14,17H,3-10,12,23H2,(H,24,27,28). The lowest BCUT2D eigenvalue weighted by Crippen LogP contribution is -2.54. The summed E-state index contributed by atoms with van der Waals surface area (Å²) in [7, 11) is 0. The van der Waals surface area contributed by atoms with Gasteiger partial charge in [-0.05, 0) is 68.8 Å². The van der Waals surface area contributed by atoms with Crippen molar-refractivity contribution in [3.8, 4) is 0 Å². The van der Waals surface area contributed by atoms with E-state index in [4.69, 9.17) is 5.73 Å². The first-order chi connectivity index (χ1) is 14.4. The fourth-order valence-electron chi connectivity index (χ4n) is 5.09. The van der Waals surface area contributed by atoms with Crippen LogP contribution in [0.3, 0.4) is 0 Å². The van der Waals surface area contributed by atoms with Crippen molar-refractivity contribution in [3.63, 3.8) is 0 Å². The van der Waals surface area contributed by atoms with E-state index in [1.54, 1.807) is 12.1 Å². The Morgan fingerprint density at radius 2 is 1.70 bits per heavy atom. The Labute approximate surface area is 174 Å². The Kier molecular flexibility index (Phi) is 4.52. The van der Waals surface area contributed by atoms with Crippen molar-refractivity contribution >= 4 is 23.6 Å². The molecular formula is C22H26N4O4. The van der Waals surface area contributed by atoms with Gasteiger partial charge in [-0.25, -0.2) is 0 Å². The van der Waals surface area contributed by atoms with Crippen LogP contribution in [-0.4, -0.2) is 58.1 Å². The summed E-state index contributed by atoms with van der Waals surface area (Å²) in [5, 5.41) is 2.22. The molecule has 3 aliphatic heterocycles. The van der Waals surface area contributed by atoms with Crippen molar-refractivity contribution in [2.24, 2.45) is 11.7 Å². The number of nitrogens with two attached hydrogens (primary N) is 1. The molecule has 0 radical (unpaired) electrons. The van der Waals surface area contributed by atoms with Gasteiger partial charge < -0.3 is 5.73 Å². The molecule has 4 aliphatic rings. The number of imide groups is 2. The van der Waals surface area contributed by atoms with Crippen LogP contribution in [0.25, 0.3) is 0 Å². The second kappa shape index (κ2) is 6.99. The van der Waals surface area contributed by atoms with Gasteiger partial charge in [-0.15, -0.1) is 0 Å². The monoisotopic (exact) mass is 410 g/mol. The van der Waals surface area contributed by atoms with Crippen molar-refractivity contribution in [3.05, 3.63) is 34.9 Å². The molecule has 0 bridgehead atoms. The second-order valence-corrected chi connectivity index (χ2v) is 9.11. The van der Waals surface area contributed by atoms with E-state index in [1.807, 2.05) is 6.07 Å². The first-order valence-corrected chi connectivity index (χ1v) is 10.7. The summed E-state index contributed by atoms with van der Waals surface area (Å²) in [6.07, 6.45) is 4.77. The summed E-state index contributed by atoms with van der Waals surface area (Å²) in [5.41, 5.74) is 8.08. The maximum Gasteiger partial charge on any atom is 0.262 e. The molecule has 30 heavy (non-hydrogen) atoms. The molecule has 158 valence electrons. The highest BCUT2D eigenvalue weighted by Crippen LogP contribution is 2.44. The van der Waals surface area contributed by atoms with Gasteiger partial charge >= 0.3 is 0 Å². The zero-order valence-corrected chi connectivity index (χ0v) is 16.9. The topological polar surface area (TPSA) is 113 Å². The van der Waals surface area contributed by atoms with Crippen LogP contribution in [-0.2, 0) is 16.1 Å². The summed E-state index contributed by atoms with van der Waals surface area (Å²) in [5.74, 6) is -1.27. The van der Waals surface area contributed by atoms with Gasteiger partial charge in [0, 0.05) is 18.5 Å². The van der Waals surface area contributed by atoms with Gasteiger partial charge in [0.05, 0.1) is 11.1 Å². The van der Waals surface area contributed by atoms with Crippen molar-refractivity contribution < 1.29 is 19.2 Å². The molecule has 1 aromatic rings. The predicted molar refractivity (Wildman–Crippen MR) is 107 cm³/mol. The largest absolute Gasteiger partial charge is 0.325 e. The van der Waals surface area contributed by atoms with Crippen molar-refractivity contribution in [1.29, 1.82) is 0 Å². The molecule has 1 unspecified atom stereocenters. The van der Waals surface area contributed by atoms with Crippen LogP contribution in [0.15, 0.2) is 18.2 Å².